The van der Waals surface area contributed by atoms with Crippen LogP contribution in [0.25, 0.3) is 0 Å². The first-order valence-corrected chi connectivity index (χ1v) is 5.65. The molecule has 1 aliphatic carbocycles. The molecule has 0 spiro atoms. The van der Waals surface area contributed by atoms with Gasteiger partial charge in [0.25, 0.3) is 0 Å². The summed E-state index contributed by atoms with van der Waals surface area (Å²) in [4.78, 5) is 4.41. The van der Waals surface area contributed by atoms with Gasteiger partial charge >= 0.3 is 0 Å². The highest BCUT2D eigenvalue weighted by Crippen LogP contribution is 2.31. The van der Waals surface area contributed by atoms with Crippen molar-refractivity contribution in [1.29, 1.82) is 5.41 Å². The summed E-state index contributed by atoms with van der Waals surface area (Å²) in [5, 5.41) is 7.83. The maximum absolute atomic E-state index is 7.83. The van der Waals surface area contributed by atoms with Crippen LogP contribution in [0.2, 0.25) is 0 Å². The minimum absolute atomic E-state index is 0.552. The highest BCUT2D eigenvalue weighted by Gasteiger charge is 2.26. The van der Waals surface area contributed by atoms with Crippen molar-refractivity contribution in [2.24, 2.45) is 5.92 Å². The Kier molecular flexibility index (Phi) is 2.68. The fourth-order valence-corrected chi connectivity index (χ4v) is 2.15. The lowest BCUT2D eigenvalue weighted by atomic mass is 10.1. The van der Waals surface area contributed by atoms with Crippen LogP contribution in [0.1, 0.15) is 24.2 Å². The lowest BCUT2D eigenvalue weighted by Crippen LogP contribution is -2.05. The van der Waals surface area contributed by atoms with Crippen molar-refractivity contribution >= 4 is 21.6 Å². The quantitative estimate of drug-likeness (QED) is 0.825. The van der Waals surface area contributed by atoms with E-state index < -0.39 is 0 Å². The third-order valence-electron chi connectivity index (χ3n) is 2.41. The standard InChI is InChI=1S/C11H13BrN2/c1-7-4-9(12)5-10(14-7)6-11(13)8-2-3-8/h4-5,8,13H,2-3,6H2,1H3. The summed E-state index contributed by atoms with van der Waals surface area (Å²) in [6, 6.07) is 3.99. The summed E-state index contributed by atoms with van der Waals surface area (Å²) in [6.45, 7) is 1.98. The molecule has 2 rings (SSSR count). The highest BCUT2D eigenvalue weighted by atomic mass is 79.9. The molecular weight excluding hydrogens is 240 g/mol. The van der Waals surface area contributed by atoms with Crippen molar-refractivity contribution < 1.29 is 0 Å². The average Bonchev–Trinajstić information content (AvgIpc) is 2.82. The lowest BCUT2D eigenvalue weighted by molar-refractivity contribution is 1.02. The van der Waals surface area contributed by atoms with Gasteiger partial charge in [0.2, 0.25) is 0 Å². The van der Waals surface area contributed by atoms with Gasteiger partial charge in [-0.2, -0.15) is 0 Å². The van der Waals surface area contributed by atoms with Gasteiger partial charge in [-0.25, -0.2) is 0 Å². The van der Waals surface area contributed by atoms with Gasteiger partial charge in [-0.05, 0) is 37.8 Å². The molecule has 2 nitrogen and oxygen atoms in total. The molecule has 0 atom stereocenters. The van der Waals surface area contributed by atoms with Crippen molar-refractivity contribution in [3.8, 4) is 0 Å². The molecule has 14 heavy (non-hydrogen) atoms. The molecule has 0 unspecified atom stereocenters. The van der Waals surface area contributed by atoms with Crippen molar-refractivity contribution in [2.45, 2.75) is 26.2 Å². The van der Waals surface area contributed by atoms with E-state index in [1.807, 2.05) is 19.1 Å². The molecule has 74 valence electrons. The number of pyridine rings is 1. The molecule has 0 aliphatic heterocycles. The van der Waals surface area contributed by atoms with Gasteiger partial charge in [0.15, 0.2) is 0 Å². The molecule has 1 saturated carbocycles. The molecule has 1 aromatic rings. The smallest absolute Gasteiger partial charge is 0.0474 e. The van der Waals surface area contributed by atoms with Crippen LogP contribution in [0, 0.1) is 18.3 Å². The van der Waals surface area contributed by atoms with Crippen LogP contribution >= 0.6 is 15.9 Å². The highest BCUT2D eigenvalue weighted by molar-refractivity contribution is 9.10. The van der Waals surface area contributed by atoms with Gasteiger partial charge in [0.05, 0.1) is 0 Å². The van der Waals surface area contributed by atoms with Crippen molar-refractivity contribution in [2.75, 3.05) is 0 Å². The van der Waals surface area contributed by atoms with E-state index in [0.29, 0.717) is 12.3 Å². The SMILES string of the molecule is Cc1cc(Br)cc(CC(=N)C2CC2)n1. The first kappa shape index (κ1) is 9.84. The Morgan fingerprint density at radius 1 is 1.57 bits per heavy atom. The second kappa shape index (κ2) is 3.81. The Labute approximate surface area is 92.4 Å². The first-order valence-electron chi connectivity index (χ1n) is 4.85. The lowest BCUT2D eigenvalue weighted by Gasteiger charge is -2.03. The number of rotatable bonds is 3. The molecule has 1 aliphatic rings. The Morgan fingerprint density at radius 2 is 2.29 bits per heavy atom. The zero-order valence-corrected chi connectivity index (χ0v) is 9.76. The van der Waals surface area contributed by atoms with Crippen molar-refractivity contribution in [3.63, 3.8) is 0 Å². The van der Waals surface area contributed by atoms with Gasteiger partial charge in [0, 0.05) is 28.0 Å². The minimum Gasteiger partial charge on any atom is -0.309 e. The van der Waals surface area contributed by atoms with Crippen molar-refractivity contribution in [3.05, 3.63) is 28.0 Å². The van der Waals surface area contributed by atoms with Gasteiger partial charge < -0.3 is 5.41 Å². The van der Waals surface area contributed by atoms with Gasteiger partial charge in [-0.1, -0.05) is 15.9 Å². The molecule has 1 N–H and O–H groups in total. The van der Waals surface area contributed by atoms with E-state index in [-0.39, 0.29) is 0 Å². The summed E-state index contributed by atoms with van der Waals surface area (Å²) < 4.78 is 1.06. The van der Waals surface area contributed by atoms with Gasteiger partial charge in [0.1, 0.15) is 0 Å². The number of nitrogens with zero attached hydrogens (tertiary/aromatic N) is 1. The predicted octanol–water partition coefficient (Wildman–Crippen LogP) is 3.12. The van der Waals surface area contributed by atoms with Crippen LogP contribution in [-0.4, -0.2) is 10.7 Å². The Hall–Kier alpha value is -0.700. The Bertz CT molecular complexity index is 349. The third-order valence-corrected chi connectivity index (χ3v) is 2.87. The molecule has 1 heterocycles. The summed E-state index contributed by atoms with van der Waals surface area (Å²) >= 11 is 3.45. The zero-order valence-electron chi connectivity index (χ0n) is 8.18. The molecule has 1 fully saturated rings. The summed E-state index contributed by atoms with van der Waals surface area (Å²) in [6.07, 6.45) is 3.11. The zero-order chi connectivity index (χ0) is 10.1. The van der Waals surface area contributed by atoms with Gasteiger partial charge in [-0.15, -0.1) is 0 Å². The van der Waals surface area contributed by atoms with E-state index in [4.69, 9.17) is 5.41 Å². The number of aryl methyl sites for hydroxylation is 1. The molecule has 0 saturated heterocycles. The third kappa shape index (κ3) is 2.41. The summed E-state index contributed by atoms with van der Waals surface area (Å²) in [5.74, 6) is 0.552. The summed E-state index contributed by atoms with van der Waals surface area (Å²) in [5.41, 5.74) is 2.86. The van der Waals surface area contributed by atoms with E-state index in [9.17, 15) is 0 Å². The monoisotopic (exact) mass is 252 g/mol. The summed E-state index contributed by atoms with van der Waals surface area (Å²) in [7, 11) is 0. The van der Waals surface area contributed by atoms with E-state index in [1.165, 1.54) is 12.8 Å². The van der Waals surface area contributed by atoms with E-state index in [2.05, 4.69) is 20.9 Å². The molecule has 0 radical (unpaired) electrons. The largest absolute Gasteiger partial charge is 0.309 e. The Balaban J connectivity index is 2.11. The fraction of sp³-hybridized carbons (Fsp3) is 0.455. The van der Waals surface area contributed by atoms with E-state index in [1.54, 1.807) is 0 Å². The second-order valence-electron chi connectivity index (χ2n) is 3.89. The van der Waals surface area contributed by atoms with Crippen LogP contribution in [-0.2, 0) is 6.42 Å². The maximum Gasteiger partial charge on any atom is 0.0474 e. The van der Waals surface area contributed by atoms with Crippen molar-refractivity contribution in [1.82, 2.24) is 4.98 Å². The molecule has 0 bridgehead atoms. The van der Waals surface area contributed by atoms with Crippen LogP contribution in [0.4, 0.5) is 0 Å². The number of nitrogens with one attached hydrogen (secondary N) is 1. The molecule has 1 aromatic heterocycles. The fourth-order valence-electron chi connectivity index (χ4n) is 1.55. The molecular formula is C11H13BrN2. The van der Waals surface area contributed by atoms with Crippen LogP contribution in [0.5, 0.6) is 0 Å². The number of halogens is 1. The minimum atomic E-state index is 0.552. The predicted molar refractivity (Wildman–Crippen MR) is 60.8 cm³/mol. The molecule has 3 heteroatoms. The number of hydrogen-bond acceptors (Lipinski definition) is 2. The average molecular weight is 253 g/mol. The normalized spacial score (nSPS) is 15.6. The van der Waals surface area contributed by atoms with E-state index in [0.717, 1.165) is 21.6 Å². The van der Waals surface area contributed by atoms with Crippen LogP contribution in [0.15, 0.2) is 16.6 Å². The molecule has 0 amide bonds. The van der Waals surface area contributed by atoms with Crippen LogP contribution in [0.3, 0.4) is 0 Å². The van der Waals surface area contributed by atoms with E-state index >= 15 is 0 Å². The number of aromatic nitrogens is 1. The van der Waals surface area contributed by atoms with Crippen LogP contribution < -0.4 is 0 Å². The first-order chi connectivity index (χ1) is 6.65. The maximum atomic E-state index is 7.83. The Morgan fingerprint density at radius 3 is 2.86 bits per heavy atom. The topological polar surface area (TPSA) is 36.7 Å². The second-order valence-corrected chi connectivity index (χ2v) is 4.81. The molecule has 0 aromatic carbocycles. The van der Waals surface area contributed by atoms with Gasteiger partial charge in [-0.3, -0.25) is 4.98 Å². The number of hydrogen-bond donors (Lipinski definition) is 1.